The summed E-state index contributed by atoms with van der Waals surface area (Å²) in [6, 6.07) is 10.2. The highest BCUT2D eigenvalue weighted by molar-refractivity contribution is 5.85. The Morgan fingerprint density at radius 3 is 2.80 bits per heavy atom. The van der Waals surface area contributed by atoms with Crippen LogP contribution in [0.1, 0.15) is 25.8 Å². The van der Waals surface area contributed by atoms with E-state index in [-0.39, 0.29) is 5.97 Å². The molecule has 1 aromatic rings. The van der Waals surface area contributed by atoms with Gasteiger partial charge in [0.25, 0.3) is 0 Å². The van der Waals surface area contributed by atoms with Crippen molar-refractivity contribution in [1.29, 1.82) is 0 Å². The fourth-order valence-electron chi connectivity index (χ4n) is 3.61. The Bertz CT molecular complexity index is 583. The molecule has 2 atom stereocenters. The summed E-state index contributed by atoms with van der Waals surface area (Å²) in [6.07, 6.45) is 5.82. The molecule has 2 aliphatic rings. The summed E-state index contributed by atoms with van der Waals surface area (Å²) in [7, 11) is 0. The number of hydrogen-bond acceptors (Lipinski definition) is 2. The first-order valence-electron chi connectivity index (χ1n) is 7.22. The number of cyclic esters (lactones) is 1. The lowest BCUT2D eigenvalue weighted by molar-refractivity contribution is -0.156. The summed E-state index contributed by atoms with van der Waals surface area (Å²) in [6.45, 7) is 4.81. The molecule has 1 heterocycles. The molecule has 1 aliphatic heterocycles. The van der Waals surface area contributed by atoms with E-state index >= 15 is 0 Å². The molecule has 0 saturated carbocycles. The van der Waals surface area contributed by atoms with Crippen LogP contribution >= 0.6 is 0 Å². The van der Waals surface area contributed by atoms with Crippen molar-refractivity contribution in [2.45, 2.75) is 26.7 Å². The molecule has 1 aliphatic carbocycles. The average molecular weight is 268 g/mol. The van der Waals surface area contributed by atoms with E-state index in [9.17, 15) is 4.79 Å². The summed E-state index contributed by atoms with van der Waals surface area (Å²) in [5.74, 6) is 0.214. The molecular weight excluding hydrogens is 248 g/mol. The largest absolute Gasteiger partial charge is 0.464 e. The van der Waals surface area contributed by atoms with Crippen LogP contribution in [0.5, 0.6) is 0 Å². The van der Waals surface area contributed by atoms with Crippen molar-refractivity contribution in [3.8, 4) is 0 Å². The second-order valence-corrected chi connectivity index (χ2v) is 5.93. The number of esters is 1. The van der Waals surface area contributed by atoms with Crippen molar-refractivity contribution in [2.24, 2.45) is 11.3 Å². The van der Waals surface area contributed by atoms with Crippen LogP contribution in [-0.2, 0) is 16.0 Å². The van der Waals surface area contributed by atoms with Gasteiger partial charge in [-0.15, -0.1) is 0 Å². The second-order valence-electron chi connectivity index (χ2n) is 5.93. The van der Waals surface area contributed by atoms with E-state index in [1.54, 1.807) is 0 Å². The van der Waals surface area contributed by atoms with E-state index in [1.807, 2.05) is 18.2 Å². The molecule has 0 spiro atoms. The summed E-state index contributed by atoms with van der Waals surface area (Å²) >= 11 is 0. The van der Waals surface area contributed by atoms with Crippen molar-refractivity contribution < 1.29 is 9.53 Å². The molecular formula is C18H20O2. The Balaban J connectivity index is 2.07. The van der Waals surface area contributed by atoms with Gasteiger partial charge in [0.15, 0.2) is 0 Å². The lowest BCUT2D eigenvalue weighted by Gasteiger charge is -2.42. The van der Waals surface area contributed by atoms with E-state index < -0.39 is 5.41 Å². The minimum atomic E-state index is -0.582. The van der Waals surface area contributed by atoms with Crippen LogP contribution in [0.4, 0.5) is 0 Å². The number of carbonyl (C=O) groups is 1. The monoisotopic (exact) mass is 268 g/mol. The smallest absolute Gasteiger partial charge is 0.320 e. The molecule has 0 radical (unpaired) electrons. The van der Waals surface area contributed by atoms with Gasteiger partial charge in [0.1, 0.15) is 5.41 Å². The molecule has 1 aromatic carbocycles. The topological polar surface area (TPSA) is 26.3 Å². The number of benzene rings is 1. The lowest BCUT2D eigenvalue weighted by Crippen LogP contribution is -2.44. The van der Waals surface area contributed by atoms with E-state index in [1.165, 1.54) is 16.7 Å². The Morgan fingerprint density at radius 2 is 2.05 bits per heavy atom. The fraction of sp³-hybridized carbons (Fsp3) is 0.389. The van der Waals surface area contributed by atoms with Crippen molar-refractivity contribution >= 4 is 5.97 Å². The Morgan fingerprint density at radius 1 is 1.30 bits per heavy atom. The van der Waals surface area contributed by atoms with Crippen LogP contribution in [0, 0.1) is 11.3 Å². The van der Waals surface area contributed by atoms with Crippen LogP contribution < -0.4 is 0 Å². The molecule has 0 aromatic heterocycles. The third-order valence-corrected chi connectivity index (χ3v) is 4.41. The van der Waals surface area contributed by atoms with Crippen LogP contribution in [0.15, 0.2) is 53.6 Å². The minimum Gasteiger partial charge on any atom is -0.464 e. The van der Waals surface area contributed by atoms with Gasteiger partial charge in [-0.2, -0.15) is 0 Å². The molecule has 0 unspecified atom stereocenters. The molecule has 2 heteroatoms. The number of allylic oxidation sites excluding steroid dienone is 2. The van der Waals surface area contributed by atoms with Gasteiger partial charge in [-0.25, -0.2) is 0 Å². The molecule has 2 nitrogen and oxygen atoms in total. The number of hydrogen-bond donors (Lipinski definition) is 0. The number of rotatable bonds is 2. The van der Waals surface area contributed by atoms with E-state index in [0.29, 0.717) is 18.9 Å². The van der Waals surface area contributed by atoms with Gasteiger partial charge >= 0.3 is 5.97 Å². The van der Waals surface area contributed by atoms with Gasteiger partial charge < -0.3 is 4.74 Å². The average Bonchev–Trinajstić information content (AvgIpc) is 2.44. The number of carbonyl (C=O) groups excluding carboxylic acids is 1. The van der Waals surface area contributed by atoms with Gasteiger partial charge in [0, 0.05) is 5.92 Å². The van der Waals surface area contributed by atoms with E-state index in [0.717, 1.165) is 6.42 Å². The molecule has 1 saturated heterocycles. The quantitative estimate of drug-likeness (QED) is 0.604. The maximum absolute atomic E-state index is 12.5. The van der Waals surface area contributed by atoms with Crippen LogP contribution in [0.25, 0.3) is 0 Å². The lowest BCUT2D eigenvalue weighted by atomic mass is 9.65. The van der Waals surface area contributed by atoms with Crippen LogP contribution in [0.2, 0.25) is 0 Å². The summed E-state index contributed by atoms with van der Waals surface area (Å²) < 4.78 is 5.46. The van der Waals surface area contributed by atoms with Gasteiger partial charge in [-0.3, -0.25) is 4.79 Å². The molecule has 0 N–H and O–H groups in total. The van der Waals surface area contributed by atoms with Crippen LogP contribution in [-0.4, -0.2) is 12.6 Å². The van der Waals surface area contributed by atoms with Crippen molar-refractivity contribution in [3.05, 3.63) is 59.2 Å². The van der Waals surface area contributed by atoms with Crippen molar-refractivity contribution in [1.82, 2.24) is 0 Å². The maximum atomic E-state index is 12.5. The van der Waals surface area contributed by atoms with Crippen molar-refractivity contribution in [2.75, 3.05) is 6.61 Å². The molecule has 1 fully saturated rings. The Labute approximate surface area is 120 Å². The second kappa shape index (κ2) is 4.93. The molecule has 20 heavy (non-hydrogen) atoms. The van der Waals surface area contributed by atoms with Gasteiger partial charge in [-0.05, 0) is 30.9 Å². The summed E-state index contributed by atoms with van der Waals surface area (Å²) in [5.41, 5.74) is 3.20. The number of fused-ring (bicyclic) bond motifs is 1. The highest BCUT2D eigenvalue weighted by Gasteiger charge is 2.48. The first-order valence-corrected chi connectivity index (χ1v) is 7.22. The minimum absolute atomic E-state index is 0.0928. The zero-order chi connectivity index (χ0) is 14.2. The maximum Gasteiger partial charge on any atom is 0.320 e. The predicted octanol–water partition coefficient (Wildman–Crippen LogP) is 3.68. The van der Waals surface area contributed by atoms with E-state index in [2.05, 4.69) is 38.1 Å². The number of ether oxygens (including phenoxy) is 1. The first kappa shape index (κ1) is 13.2. The van der Waals surface area contributed by atoms with Gasteiger partial charge in [-0.1, -0.05) is 55.0 Å². The third kappa shape index (κ3) is 2.00. The van der Waals surface area contributed by atoms with Crippen molar-refractivity contribution in [3.63, 3.8) is 0 Å². The Hall–Kier alpha value is -1.83. The Kier molecular flexibility index (Phi) is 3.25. The summed E-state index contributed by atoms with van der Waals surface area (Å²) in [4.78, 5) is 12.5. The SMILES string of the molecule is CC1=C2[C@@H](C)COC(=O)[C@@]2(Cc2ccccc2)C=CC1. The zero-order valence-corrected chi connectivity index (χ0v) is 12.1. The molecule has 3 rings (SSSR count). The fourth-order valence-corrected chi connectivity index (χ4v) is 3.61. The highest BCUT2D eigenvalue weighted by atomic mass is 16.5. The molecule has 104 valence electrons. The normalized spacial score (nSPS) is 29.1. The third-order valence-electron chi connectivity index (χ3n) is 4.41. The van der Waals surface area contributed by atoms with E-state index in [4.69, 9.17) is 4.74 Å². The zero-order valence-electron chi connectivity index (χ0n) is 12.1. The first-order chi connectivity index (χ1) is 9.63. The standard InChI is InChI=1S/C18H20O2/c1-13-7-6-10-18(11-15-8-4-3-5-9-15)16(13)14(2)12-20-17(18)19/h3-6,8-10,14H,7,11-12H2,1-2H3/t14-,18+/m0/s1. The predicted molar refractivity (Wildman–Crippen MR) is 79.2 cm³/mol. The van der Waals surface area contributed by atoms with Gasteiger partial charge in [0.2, 0.25) is 0 Å². The van der Waals surface area contributed by atoms with Gasteiger partial charge in [0.05, 0.1) is 6.61 Å². The summed E-state index contributed by atoms with van der Waals surface area (Å²) in [5, 5.41) is 0. The van der Waals surface area contributed by atoms with Crippen LogP contribution in [0.3, 0.4) is 0 Å². The molecule has 0 amide bonds. The highest BCUT2D eigenvalue weighted by Crippen LogP contribution is 2.46. The molecule has 0 bridgehead atoms.